The van der Waals surface area contributed by atoms with Crippen molar-refractivity contribution in [2.45, 2.75) is 0 Å². The maximum Gasteiger partial charge on any atom is 0.286 e. The molecular formula is C9H4BrClN4O3S. The zero-order valence-corrected chi connectivity index (χ0v) is 12.1. The van der Waals surface area contributed by atoms with Crippen LogP contribution in [-0.2, 0) is 0 Å². The lowest BCUT2D eigenvalue weighted by atomic mass is 10.3. The molecule has 0 aliphatic heterocycles. The van der Waals surface area contributed by atoms with E-state index in [1.807, 2.05) is 0 Å². The van der Waals surface area contributed by atoms with Gasteiger partial charge in [-0.15, -0.1) is 10.2 Å². The van der Waals surface area contributed by atoms with E-state index in [2.05, 4.69) is 31.4 Å². The minimum atomic E-state index is -0.527. The van der Waals surface area contributed by atoms with Gasteiger partial charge in [0.15, 0.2) is 0 Å². The fraction of sp³-hybridized carbons (Fsp3) is 0. The molecule has 2 aromatic rings. The molecule has 1 aromatic heterocycles. The number of benzene rings is 1. The van der Waals surface area contributed by atoms with Gasteiger partial charge in [0.05, 0.1) is 10.6 Å². The van der Waals surface area contributed by atoms with Crippen molar-refractivity contribution >= 4 is 56.1 Å². The number of halogens is 2. The fourth-order valence-corrected chi connectivity index (χ4v) is 2.38. The molecule has 0 saturated carbocycles. The highest BCUT2D eigenvalue weighted by Crippen LogP contribution is 2.27. The zero-order valence-electron chi connectivity index (χ0n) is 8.96. The predicted octanol–water partition coefficient (Wildman–Crippen LogP) is 3.11. The third-order valence-corrected chi connectivity index (χ3v) is 3.68. The predicted molar refractivity (Wildman–Crippen MR) is 73.7 cm³/mol. The highest BCUT2D eigenvalue weighted by atomic mass is 79.9. The topological polar surface area (TPSA) is 98.0 Å². The van der Waals surface area contributed by atoms with Gasteiger partial charge in [-0.3, -0.25) is 14.9 Å². The highest BCUT2D eigenvalue weighted by Gasteiger charge is 2.15. The van der Waals surface area contributed by atoms with E-state index in [-0.39, 0.29) is 15.2 Å². The molecule has 0 spiro atoms. The number of aromatic nitrogens is 2. The van der Waals surface area contributed by atoms with Crippen LogP contribution in [0.1, 0.15) is 9.80 Å². The lowest BCUT2D eigenvalue weighted by molar-refractivity contribution is -0.384. The van der Waals surface area contributed by atoms with Crippen molar-refractivity contribution < 1.29 is 9.72 Å². The number of nitro groups is 1. The first kappa shape index (κ1) is 13.8. The molecule has 1 aromatic carbocycles. The Morgan fingerprint density at radius 3 is 2.74 bits per heavy atom. The van der Waals surface area contributed by atoms with E-state index in [1.54, 1.807) is 0 Å². The second kappa shape index (κ2) is 5.59. The number of anilines is 1. The van der Waals surface area contributed by atoms with Crippen LogP contribution < -0.4 is 5.32 Å². The number of hydrogen-bond donors (Lipinski definition) is 1. The smallest absolute Gasteiger partial charge is 0.286 e. The van der Waals surface area contributed by atoms with E-state index in [9.17, 15) is 14.9 Å². The summed E-state index contributed by atoms with van der Waals surface area (Å²) in [5.74, 6) is -0.487. The van der Waals surface area contributed by atoms with E-state index >= 15 is 0 Å². The number of nitrogens with zero attached hydrogens (tertiary/aromatic N) is 3. The van der Waals surface area contributed by atoms with Crippen molar-refractivity contribution in [1.29, 1.82) is 0 Å². The van der Waals surface area contributed by atoms with Crippen molar-refractivity contribution in [3.8, 4) is 0 Å². The molecule has 1 amide bonds. The van der Waals surface area contributed by atoms with Crippen LogP contribution >= 0.6 is 38.9 Å². The van der Waals surface area contributed by atoms with Crippen LogP contribution in [0.15, 0.2) is 22.7 Å². The molecule has 0 atom stereocenters. The van der Waals surface area contributed by atoms with Gasteiger partial charge in [-0.05, 0) is 33.6 Å². The van der Waals surface area contributed by atoms with Gasteiger partial charge >= 0.3 is 0 Å². The lowest BCUT2D eigenvalue weighted by Crippen LogP contribution is -2.12. The molecule has 2 rings (SSSR count). The number of non-ortho nitro benzene ring substituents is 1. The normalized spacial score (nSPS) is 10.2. The molecule has 7 nitrogen and oxygen atoms in total. The standard InChI is InChI=1S/C9H4BrClN4O3S/c10-5-3-4(15(17)18)1-2-6(5)12-7(16)8-13-14-9(11)19-8/h1-3H,(H,12,16). The molecule has 0 aliphatic rings. The van der Waals surface area contributed by atoms with Gasteiger partial charge in [-0.25, -0.2) is 0 Å². The third-order valence-electron chi connectivity index (χ3n) is 2.01. The Labute approximate surface area is 123 Å². The largest absolute Gasteiger partial charge is 0.319 e. The molecule has 0 radical (unpaired) electrons. The van der Waals surface area contributed by atoms with Crippen LogP contribution in [0.2, 0.25) is 4.47 Å². The maximum absolute atomic E-state index is 11.8. The summed E-state index contributed by atoms with van der Waals surface area (Å²) in [5, 5.41) is 20.3. The number of hydrogen-bond acceptors (Lipinski definition) is 6. The van der Waals surface area contributed by atoms with Crippen LogP contribution in [0.5, 0.6) is 0 Å². The number of nitrogens with one attached hydrogen (secondary N) is 1. The molecule has 0 unspecified atom stereocenters. The molecule has 10 heteroatoms. The monoisotopic (exact) mass is 362 g/mol. The molecule has 0 fully saturated rings. The summed E-state index contributed by atoms with van der Waals surface area (Å²) in [5.41, 5.74) is 0.311. The van der Waals surface area contributed by atoms with Crippen LogP contribution in [0.25, 0.3) is 0 Å². The minimum absolute atomic E-state index is 0.0798. The van der Waals surface area contributed by atoms with E-state index in [4.69, 9.17) is 11.6 Å². The Balaban J connectivity index is 2.20. The van der Waals surface area contributed by atoms with Crippen molar-refractivity contribution in [2.24, 2.45) is 0 Å². The van der Waals surface area contributed by atoms with Crippen molar-refractivity contribution in [3.05, 3.63) is 42.3 Å². The molecule has 0 aliphatic carbocycles. The Bertz CT molecular complexity index is 663. The van der Waals surface area contributed by atoms with Crippen LogP contribution in [-0.4, -0.2) is 21.0 Å². The lowest BCUT2D eigenvalue weighted by Gasteiger charge is -2.04. The zero-order chi connectivity index (χ0) is 14.0. The summed E-state index contributed by atoms with van der Waals surface area (Å²) < 4.78 is 0.554. The number of nitro benzene ring substituents is 1. The molecule has 0 saturated heterocycles. The van der Waals surface area contributed by atoms with Crippen LogP contribution in [0.4, 0.5) is 11.4 Å². The van der Waals surface area contributed by atoms with E-state index in [0.29, 0.717) is 10.2 Å². The molecule has 98 valence electrons. The van der Waals surface area contributed by atoms with Gasteiger partial charge in [0.25, 0.3) is 11.6 Å². The summed E-state index contributed by atoms with van der Waals surface area (Å²) in [4.78, 5) is 21.8. The summed E-state index contributed by atoms with van der Waals surface area (Å²) in [7, 11) is 0. The van der Waals surface area contributed by atoms with Crippen molar-refractivity contribution in [1.82, 2.24) is 10.2 Å². The molecular weight excluding hydrogens is 360 g/mol. The maximum atomic E-state index is 11.8. The SMILES string of the molecule is O=C(Nc1ccc([N+](=O)[O-])cc1Br)c1nnc(Cl)s1. The number of amides is 1. The molecule has 1 N–H and O–H groups in total. The molecule has 1 heterocycles. The fourth-order valence-electron chi connectivity index (χ4n) is 1.19. The number of carbonyl (C=O) groups excluding carboxylic acids is 1. The Hall–Kier alpha value is -1.58. The van der Waals surface area contributed by atoms with Crippen molar-refractivity contribution in [3.63, 3.8) is 0 Å². The second-order valence-corrected chi connectivity index (χ2v) is 5.65. The Morgan fingerprint density at radius 1 is 1.47 bits per heavy atom. The first-order valence-corrected chi connectivity index (χ1v) is 6.70. The van der Waals surface area contributed by atoms with Crippen molar-refractivity contribution in [2.75, 3.05) is 5.32 Å². The average Bonchev–Trinajstić information content (AvgIpc) is 2.78. The first-order valence-electron chi connectivity index (χ1n) is 4.71. The van der Waals surface area contributed by atoms with Gasteiger partial charge < -0.3 is 5.32 Å². The first-order chi connectivity index (χ1) is 8.97. The minimum Gasteiger partial charge on any atom is -0.319 e. The molecule has 19 heavy (non-hydrogen) atoms. The van der Waals surface area contributed by atoms with E-state index in [0.717, 1.165) is 11.3 Å². The van der Waals surface area contributed by atoms with E-state index in [1.165, 1.54) is 18.2 Å². The third kappa shape index (κ3) is 3.25. The van der Waals surface area contributed by atoms with E-state index < -0.39 is 10.8 Å². The van der Waals surface area contributed by atoms with Gasteiger partial charge in [-0.1, -0.05) is 11.3 Å². The second-order valence-electron chi connectivity index (χ2n) is 3.24. The highest BCUT2D eigenvalue weighted by molar-refractivity contribution is 9.10. The number of carbonyl (C=O) groups is 1. The Morgan fingerprint density at radius 2 is 2.21 bits per heavy atom. The van der Waals surface area contributed by atoms with Gasteiger partial charge in [-0.2, -0.15) is 0 Å². The summed E-state index contributed by atoms with van der Waals surface area (Å²) in [6, 6.07) is 4.00. The summed E-state index contributed by atoms with van der Waals surface area (Å²) in [6.07, 6.45) is 0. The Kier molecular flexibility index (Phi) is 4.08. The van der Waals surface area contributed by atoms with Gasteiger partial charge in [0, 0.05) is 16.6 Å². The van der Waals surface area contributed by atoms with Gasteiger partial charge in [0.2, 0.25) is 9.47 Å². The summed E-state index contributed by atoms with van der Waals surface area (Å²) in [6.45, 7) is 0. The van der Waals surface area contributed by atoms with Gasteiger partial charge in [0.1, 0.15) is 0 Å². The van der Waals surface area contributed by atoms with Crippen LogP contribution in [0, 0.1) is 10.1 Å². The van der Waals surface area contributed by atoms with Crippen LogP contribution in [0.3, 0.4) is 0 Å². The quantitative estimate of drug-likeness (QED) is 0.667. The summed E-state index contributed by atoms with van der Waals surface area (Å²) >= 11 is 9.66. The molecule has 0 bridgehead atoms. The number of rotatable bonds is 3. The average molecular weight is 364 g/mol.